The number of nitrogens with zero attached hydrogens (tertiary/aromatic N) is 2. The van der Waals surface area contributed by atoms with Crippen LogP contribution < -0.4 is 5.43 Å². The van der Waals surface area contributed by atoms with Gasteiger partial charge in [-0.3, -0.25) is 10.3 Å². The van der Waals surface area contributed by atoms with E-state index in [0.29, 0.717) is 0 Å². The Morgan fingerprint density at radius 1 is 1.60 bits per heavy atom. The predicted octanol–water partition coefficient (Wildman–Crippen LogP) is -0.149. The van der Waals surface area contributed by atoms with Gasteiger partial charge in [-0.25, -0.2) is 5.01 Å². The van der Waals surface area contributed by atoms with Crippen LogP contribution in [0.1, 0.15) is 12.8 Å². The summed E-state index contributed by atoms with van der Waals surface area (Å²) in [5, 5.41) is 1.93. The molecule has 0 spiro atoms. The summed E-state index contributed by atoms with van der Waals surface area (Å²) >= 11 is 5.16. The molecule has 1 unspecified atom stereocenters. The van der Waals surface area contributed by atoms with Crippen LogP contribution in [0, 0.1) is 6.67 Å². The Bertz CT molecular complexity index is 137. The molecule has 0 aromatic carbocycles. The van der Waals surface area contributed by atoms with Crippen LogP contribution in [0.5, 0.6) is 0 Å². The Kier molecular flexibility index (Phi) is 1.64. The van der Waals surface area contributed by atoms with Crippen molar-refractivity contribution in [2.45, 2.75) is 24.4 Å². The molecule has 57 valence electrons. The van der Waals surface area contributed by atoms with Crippen LogP contribution in [0.3, 0.4) is 0 Å². The molecule has 2 fully saturated rings. The van der Waals surface area contributed by atoms with Crippen molar-refractivity contribution in [3.63, 3.8) is 0 Å². The molecule has 1 saturated heterocycles. The Morgan fingerprint density at radius 3 is 2.70 bits per heavy atom. The fraction of sp³-hybridized carbons (Fsp3) is 0.833. The van der Waals surface area contributed by atoms with Gasteiger partial charge >= 0.3 is 0 Å². The summed E-state index contributed by atoms with van der Waals surface area (Å²) in [6.45, 7) is 2.05. The third-order valence-corrected chi connectivity index (χ3v) is 2.21. The molecule has 1 N–H and O–H groups in total. The zero-order chi connectivity index (χ0) is 7.14. The first-order chi connectivity index (χ1) is 4.77. The van der Waals surface area contributed by atoms with Gasteiger partial charge in [0, 0.05) is 13.1 Å². The van der Waals surface area contributed by atoms with E-state index in [0.717, 1.165) is 6.04 Å². The van der Waals surface area contributed by atoms with Crippen molar-refractivity contribution < 1.29 is 0 Å². The normalized spacial score (nSPS) is 37.2. The number of nitrogens with one attached hydrogen (secondary N) is 1. The highest BCUT2D eigenvalue weighted by Gasteiger charge is 2.33. The molecule has 3 nitrogen and oxygen atoms in total. The molecule has 1 heterocycles. The van der Waals surface area contributed by atoms with E-state index in [9.17, 15) is 0 Å². The highest BCUT2D eigenvalue weighted by atomic mass is 32.1. The minimum absolute atomic E-state index is 0.0810. The van der Waals surface area contributed by atoms with Gasteiger partial charge in [-0.2, -0.15) is 0 Å². The molecule has 0 aromatic heterocycles. The second-order valence-corrected chi connectivity index (χ2v) is 3.33. The fourth-order valence-electron chi connectivity index (χ4n) is 1.19. The van der Waals surface area contributed by atoms with Crippen LogP contribution in [0.15, 0.2) is 0 Å². The van der Waals surface area contributed by atoms with E-state index in [4.69, 9.17) is 12.6 Å². The topological polar surface area (TPSA) is 18.5 Å². The third-order valence-electron chi connectivity index (χ3n) is 1.86. The number of hydrogen-bond acceptors (Lipinski definition) is 4. The van der Waals surface area contributed by atoms with Crippen molar-refractivity contribution in [1.82, 2.24) is 15.3 Å². The Hall–Kier alpha value is 0.230. The Labute approximate surface area is 66.7 Å². The zero-order valence-electron chi connectivity index (χ0n) is 5.95. The highest BCUT2D eigenvalue weighted by Crippen LogP contribution is 2.30. The van der Waals surface area contributed by atoms with Crippen molar-refractivity contribution in [3.8, 4) is 0 Å². The second kappa shape index (κ2) is 2.37. The van der Waals surface area contributed by atoms with Crippen molar-refractivity contribution in [1.29, 1.82) is 0 Å². The van der Waals surface area contributed by atoms with E-state index in [1.54, 1.807) is 0 Å². The summed E-state index contributed by atoms with van der Waals surface area (Å²) in [6, 6.07) is 0.722. The van der Waals surface area contributed by atoms with Crippen LogP contribution in [-0.4, -0.2) is 28.5 Å². The number of rotatable bonds is 1. The molecule has 1 aliphatic carbocycles. The smallest absolute Gasteiger partial charge is 0.106 e. The standard InChI is InChI=1S/C6H12N3S/c1-8-4-9(5-2-3-5)6(10)7-8/h4-7,10H,2-3H2,1H3/p-1. The summed E-state index contributed by atoms with van der Waals surface area (Å²) in [6.07, 6.45) is 2.61. The maximum atomic E-state index is 5.16. The largest absolute Gasteiger partial charge is 0.757 e. The summed E-state index contributed by atoms with van der Waals surface area (Å²) in [7, 11) is 1.97. The lowest BCUT2D eigenvalue weighted by Gasteiger charge is -2.26. The van der Waals surface area contributed by atoms with Crippen molar-refractivity contribution >= 4 is 12.6 Å². The van der Waals surface area contributed by atoms with Crippen LogP contribution >= 0.6 is 0 Å². The van der Waals surface area contributed by atoms with Gasteiger partial charge in [0.05, 0.1) is 0 Å². The molecule has 1 saturated carbocycles. The first-order valence-electron chi connectivity index (χ1n) is 3.54. The van der Waals surface area contributed by atoms with Crippen LogP contribution in [0.4, 0.5) is 0 Å². The Morgan fingerprint density at radius 2 is 2.30 bits per heavy atom. The molecule has 10 heavy (non-hydrogen) atoms. The first-order valence-corrected chi connectivity index (χ1v) is 4.02. The van der Waals surface area contributed by atoms with Gasteiger partial charge in [0.25, 0.3) is 0 Å². The summed E-state index contributed by atoms with van der Waals surface area (Å²) in [5.41, 5.74) is 3.19. The summed E-state index contributed by atoms with van der Waals surface area (Å²) in [5.74, 6) is 0. The van der Waals surface area contributed by atoms with Gasteiger partial charge in [0.15, 0.2) is 0 Å². The maximum Gasteiger partial charge on any atom is 0.106 e. The van der Waals surface area contributed by atoms with E-state index in [1.165, 1.54) is 12.8 Å². The monoisotopic (exact) mass is 157 g/mol. The van der Waals surface area contributed by atoms with Gasteiger partial charge in [0.1, 0.15) is 6.67 Å². The van der Waals surface area contributed by atoms with Gasteiger partial charge in [-0.05, 0) is 18.3 Å². The molecule has 2 rings (SSSR count). The van der Waals surface area contributed by atoms with Crippen LogP contribution in [0.25, 0.3) is 0 Å². The molecule has 1 aliphatic heterocycles. The van der Waals surface area contributed by atoms with E-state index < -0.39 is 0 Å². The zero-order valence-corrected chi connectivity index (χ0v) is 6.77. The lowest BCUT2D eigenvalue weighted by molar-refractivity contribution is 0.331. The number of hydrogen-bond donors (Lipinski definition) is 1. The summed E-state index contributed by atoms with van der Waals surface area (Å²) in [4.78, 5) is 2.20. The number of hydrazine groups is 1. The average Bonchev–Trinajstić information content (AvgIpc) is 2.61. The maximum absolute atomic E-state index is 5.16. The van der Waals surface area contributed by atoms with Crippen molar-refractivity contribution in [3.05, 3.63) is 6.67 Å². The van der Waals surface area contributed by atoms with E-state index >= 15 is 0 Å². The van der Waals surface area contributed by atoms with Crippen LogP contribution in [-0.2, 0) is 12.6 Å². The van der Waals surface area contributed by atoms with Gasteiger partial charge in [-0.15, -0.1) is 0 Å². The SMILES string of the molecule is CN1[CH]N(C2CC2)C([S-])N1. The third kappa shape index (κ3) is 1.16. The molecule has 4 heteroatoms. The molecule has 0 aromatic rings. The quantitative estimate of drug-likeness (QED) is 0.533. The van der Waals surface area contributed by atoms with Gasteiger partial charge in [-0.1, -0.05) is 0 Å². The average molecular weight is 157 g/mol. The molecule has 2 aliphatic rings. The molecule has 0 amide bonds. The van der Waals surface area contributed by atoms with Crippen LogP contribution in [0.2, 0.25) is 0 Å². The molecule has 1 radical (unpaired) electrons. The van der Waals surface area contributed by atoms with Crippen molar-refractivity contribution in [2.24, 2.45) is 0 Å². The highest BCUT2D eigenvalue weighted by molar-refractivity contribution is 7.59. The molecule has 1 atom stereocenters. The van der Waals surface area contributed by atoms with E-state index in [-0.39, 0.29) is 5.50 Å². The minimum atomic E-state index is 0.0810. The fourth-order valence-corrected chi connectivity index (χ4v) is 1.59. The lowest BCUT2D eigenvalue weighted by Crippen LogP contribution is -2.35. The molecule has 0 bridgehead atoms. The van der Waals surface area contributed by atoms with Gasteiger partial charge < -0.3 is 12.6 Å². The van der Waals surface area contributed by atoms with E-state index in [2.05, 4.69) is 17.0 Å². The molecular formula is C6H11N3S-. The van der Waals surface area contributed by atoms with Gasteiger partial charge in [0.2, 0.25) is 0 Å². The summed E-state index contributed by atoms with van der Waals surface area (Å²) < 4.78 is 0. The first kappa shape index (κ1) is 6.91. The lowest BCUT2D eigenvalue weighted by atomic mass is 10.6. The Balaban J connectivity index is 1.95. The van der Waals surface area contributed by atoms with Crippen molar-refractivity contribution in [2.75, 3.05) is 7.05 Å². The molecular weight excluding hydrogens is 146 g/mol. The second-order valence-electron chi connectivity index (χ2n) is 2.89. The predicted molar refractivity (Wildman–Crippen MR) is 41.2 cm³/mol. The minimum Gasteiger partial charge on any atom is -0.757 e. The van der Waals surface area contributed by atoms with E-state index in [1.807, 2.05) is 12.1 Å².